The second-order valence-corrected chi connectivity index (χ2v) is 7.24. The van der Waals surface area contributed by atoms with E-state index in [1.54, 1.807) is 0 Å². The minimum Gasteiger partial charge on any atom is -0.444 e. The smallest absolute Gasteiger partial charge is 0.407 e. The van der Waals surface area contributed by atoms with Crippen LogP contribution in [0.3, 0.4) is 0 Å². The maximum atomic E-state index is 11.7. The monoisotopic (exact) mass is 320 g/mol. The van der Waals surface area contributed by atoms with Gasteiger partial charge in [0.05, 0.1) is 6.61 Å². The lowest BCUT2D eigenvalue weighted by atomic mass is 10.1. The zero-order chi connectivity index (χ0) is 16.9. The summed E-state index contributed by atoms with van der Waals surface area (Å²) in [6, 6.07) is 10.4. The highest BCUT2D eigenvalue weighted by atomic mass is 16.6. The Morgan fingerprint density at radius 1 is 1.35 bits per heavy atom. The van der Waals surface area contributed by atoms with Crippen molar-refractivity contribution in [3.63, 3.8) is 0 Å². The molecular formula is C18H28N2O3. The van der Waals surface area contributed by atoms with Gasteiger partial charge in [-0.05, 0) is 38.7 Å². The molecule has 1 aliphatic rings. The molecule has 2 atom stereocenters. The van der Waals surface area contributed by atoms with Gasteiger partial charge < -0.3 is 15.2 Å². The van der Waals surface area contributed by atoms with E-state index < -0.39 is 5.60 Å². The van der Waals surface area contributed by atoms with Crippen LogP contribution >= 0.6 is 0 Å². The Kier molecular flexibility index (Phi) is 6.02. The van der Waals surface area contributed by atoms with Crippen LogP contribution in [0.2, 0.25) is 0 Å². The number of amides is 1. The van der Waals surface area contributed by atoms with E-state index in [0.29, 0.717) is 12.5 Å². The number of likely N-dealkylation sites (tertiary alicyclic amines) is 1. The van der Waals surface area contributed by atoms with Crippen LogP contribution in [0.15, 0.2) is 30.3 Å². The summed E-state index contributed by atoms with van der Waals surface area (Å²) in [6.07, 6.45) is 0.513. The highest BCUT2D eigenvalue weighted by Crippen LogP contribution is 2.24. The van der Waals surface area contributed by atoms with E-state index in [2.05, 4.69) is 22.3 Å². The Labute approximate surface area is 138 Å². The molecule has 1 aromatic rings. The van der Waals surface area contributed by atoms with E-state index in [9.17, 15) is 9.90 Å². The highest BCUT2D eigenvalue weighted by Gasteiger charge is 2.31. The van der Waals surface area contributed by atoms with Crippen LogP contribution in [0, 0.1) is 5.92 Å². The number of aliphatic hydroxyl groups excluding tert-OH is 1. The number of alkyl carbamates (subject to hydrolysis) is 1. The molecule has 23 heavy (non-hydrogen) atoms. The van der Waals surface area contributed by atoms with Crippen molar-refractivity contribution < 1.29 is 14.6 Å². The normalized spacial score (nSPS) is 22.1. The molecule has 2 rings (SSSR count). The van der Waals surface area contributed by atoms with Crippen LogP contribution in [0.1, 0.15) is 32.8 Å². The number of hydrogen-bond donors (Lipinski definition) is 2. The molecule has 1 unspecified atom stereocenters. The predicted octanol–water partition coefficient (Wildman–Crippen LogP) is 2.39. The van der Waals surface area contributed by atoms with Gasteiger partial charge in [0.15, 0.2) is 0 Å². The van der Waals surface area contributed by atoms with Gasteiger partial charge in [-0.3, -0.25) is 4.90 Å². The fourth-order valence-electron chi connectivity index (χ4n) is 2.98. The summed E-state index contributed by atoms with van der Waals surface area (Å²) in [5.41, 5.74) is 0.763. The quantitative estimate of drug-likeness (QED) is 0.874. The molecule has 0 saturated carbocycles. The van der Waals surface area contributed by atoms with E-state index >= 15 is 0 Å². The molecule has 2 N–H and O–H groups in total. The first kappa shape index (κ1) is 17.8. The molecule has 0 bridgehead atoms. The van der Waals surface area contributed by atoms with Gasteiger partial charge >= 0.3 is 6.09 Å². The highest BCUT2D eigenvalue weighted by molar-refractivity contribution is 5.67. The summed E-state index contributed by atoms with van der Waals surface area (Å²) in [7, 11) is 0. The third kappa shape index (κ3) is 5.84. The van der Waals surface area contributed by atoms with E-state index in [-0.39, 0.29) is 18.7 Å². The molecule has 128 valence electrons. The van der Waals surface area contributed by atoms with Crippen molar-refractivity contribution in [2.75, 3.05) is 19.7 Å². The number of aliphatic hydroxyl groups is 1. The number of carbonyl (C=O) groups is 1. The summed E-state index contributed by atoms with van der Waals surface area (Å²) in [5.74, 6) is 0.336. The van der Waals surface area contributed by atoms with E-state index in [1.165, 1.54) is 5.56 Å². The molecule has 0 spiro atoms. The minimum absolute atomic E-state index is 0.149. The number of nitrogens with zero attached hydrogens (tertiary/aromatic N) is 1. The summed E-state index contributed by atoms with van der Waals surface area (Å²) in [5, 5.41) is 12.4. The Balaban J connectivity index is 1.83. The maximum Gasteiger partial charge on any atom is 0.407 e. The third-order valence-electron chi connectivity index (χ3n) is 3.99. The molecule has 1 heterocycles. The van der Waals surface area contributed by atoms with Crippen molar-refractivity contribution >= 4 is 6.09 Å². The molecule has 0 aliphatic carbocycles. The number of benzene rings is 1. The van der Waals surface area contributed by atoms with Crippen LogP contribution in [0.4, 0.5) is 4.79 Å². The van der Waals surface area contributed by atoms with E-state index in [0.717, 1.165) is 19.5 Å². The first-order chi connectivity index (χ1) is 10.9. The van der Waals surface area contributed by atoms with E-state index in [1.807, 2.05) is 39.0 Å². The summed E-state index contributed by atoms with van der Waals surface area (Å²) < 4.78 is 5.26. The average Bonchev–Trinajstić information content (AvgIpc) is 2.86. The van der Waals surface area contributed by atoms with Gasteiger partial charge in [0, 0.05) is 25.7 Å². The Morgan fingerprint density at radius 2 is 2.04 bits per heavy atom. The Bertz CT molecular complexity index is 499. The number of carbonyl (C=O) groups excluding carboxylic acids is 1. The van der Waals surface area contributed by atoms with Gasteiger partial charge in [-0.15, -0.1) is 0 Å². The van der Waals surface area contributed by atoms with Gasteiger partial charge in [-0.25, -0.2) is 4.79 Å². The van der Waals surface area contributed by atoms with Crippen LogP contribution < -0.4 is 5.32 Å². The van der Waals surface area contributed by atoms with Crippen molar-refractivity contribution in [3.05, 3.63) is 35.9 Å². The van der Waals surface area contributed by atoms with Gasteiger partial charge in [0.2, 0.25) is 0 Å². The molecule has 1 aromatic carbocycles. The van der Waals surface area contributed by atoms with Gasteiger partial charge in [0.25, 0.3) is 0 Å². The Hall–Kier alpha value is -1.59. The lowest BCUT2D eigenvalue weighted by Gasteiger charge is -2.22. The molecule has 1 amide bonds. The first-order valence-electron chi connectivity index (χ1n) is 8.23. The van der Waals surface area contributed by atoms with Crippen molar-refractivity contribution in [3.8, 4) is 0 Å². The second-order valence-electron chi connectivity index (χ2n) is 7.24. The number of hydrogen-bond acceptors (Lipinski definition) is 4. The molecule has 1 saturated heterocycles. The molecule has 0 aromatic heterocycles. The van der Waals surface area contributed by atoms with Crippen molar-refractivity contribution in [2.24, 2.45) is 5.92 Å². The number of nitrogens with one attached hydrogen (secondary N) is 1. The molecule has 1 aliphatic heterocycles. The zero-order valence-electron chi connectivity index (χ0n) is 14.3. The summed E-state index contributed by atoms with van der Waals surface area (Å²) in [4.78, 5) is 14.0. The Morgan fingerprint density at radius 3 is 2.65 bits per heavy atom. The van der Waals surface area contributed by atoms with Gasteiger partial charge in [-0.1, -0.05) is 30.3 Å². The zero-order valence-corrected chi connectivity index (χ0v) is 14.3. The van der Waals surface area contributed by atoms with Crippen LogP contribution in [0.5, 0.6) is 0 Å². The SMILES string of the molecule is CC(C)(C)OC(=O)NCC1C[C@@H](CO)N(Cc2ccccc2)C1. The van der Waals surface area contributed by atoms with Crippen molar-refractivity contribution in [1.29, 1.82) is 0 Å². The molecule has 0 radical (unpaired) electrons. The summed E-state index contributed by atoms with van der Waals surface area (Å²) >= 11 is 0. The topological polar surface area (TPSA) is 61.8 Å². The van der Waals surface area contributed by atoms with Crippen LogP contribution in [-0.4, -0.2) is 47.4 Å². The average molecular weight is 320 g/mol. The summed E-state index contributed by atoms with van der Waals surface area (Å²) in [6.45, 7) is 7.99. The second kappa shape index (κ2) is 7.79. The lowest BCUT2D eigenvalue weighted by Crippen LogP contribution is -2.36. The fourth-order valence-corrected chi connectivity index (χ4v) is 2.98. The van der Waals surface area contributed by atoms with Crippen molar-refractivity contribution in [1.82, 2.24) is 10.2 Å². The van der Waals surface area contributed by atoms with Gasteiger partial charge in [0.1, 0.15) is 5.60 Å². The maximum absolute atomic E-state index is 11.7. The molecule has 5 nitrogen and oxygen atoms in total. The number of rotatable bonds is 5. The molecular weight excluding hydrogens is 292 g/mol. The molecule has 1 fully saturated rings. The van der Waals surface area contributed by atoms with Crippen LogP contribution in [0.25, 0.3) is 0 Å². The first-order valence-corrected chi connectivity index (χ1v) is 8.23. The lowest BCUT2D eigenvalue weighted by molar-refractivity contribution is 0.0519. The standard InChI is InChI=1S/C18H28N2O3/c1-18(2,3)23-17(22)19-10-15-9-16(13-21)20(12-15)11-14-7-5-4-6-8-14/h4-8,15-16,21H,9-13H2,1-3H3,(H,19,22)/t15?,16-/m0/s1. The number of ether oxygens (including phenoxy) is 1. The third-order valence-corrected chi connectivity index (χ3v) is 3.99. The van der Waals surface area contributed by atoms with Crippen molar-refractivity contribution in [2.45, 2.75) is 45.4 Å². The predicted molar refractivity (Wildman–Crippen MR) is 90.1 cm³/mol. The fraction of sp³-hybridized carbons (Fsp3) is 0.611. The van der Waals surface area contributed by atoms with E-state index in [4.69, 9.17) is 4.74 Å². The minimum atomic E-state index is -0.479. The van der Waals surface area contributed by atoms with Gasteiger partial charge in [-0.2, -0.15) is 0 Å². The molecule has 5 heteroatoms. The van der Waals surface area contributed by atoms with Crippen LogP contribution in [-0.2, 0) is 11.3 Å². The largest absolute Gasteiger partial charge is 0.444 e.